The fourth-order valence-electron chi connectivity index (χ4n) is 1.07. The van der Waals surface area contributed by atoms with Crippen LogP contribution in [0.4, 0.5) is 5.69 Å². The molecule has 1 heterocycles. The Balaban J connectivity index is 2.59. The lowest BCUT2D eigenvalue weighted by Gasteiger charge is -2.06. The molecule has 3 heteroatoms. The number of allylic oxidation sites excluding steroid dienone is 1. The van der Waals surface area contributed by atoms with Gasteiger partial charge in [0.05, 0.1) is 12.3 Å². The minimum atomic E-state index is 0.692. The quantitative estimate of drug-likeness (QED) is 0.726. The van der Waals surface area contributed by atoms with Gasteiger partial charge in [0.1, 0.15) is 0 Å². The molecule has 3 nitrogen and oxygen atoms in total. The Morgan fingerprint density at radius 3 is 3.00 bits per heavy atom. The van der Waals surface area contributed by atoms with Gasteiger partial charge in [0.15, 0.2) is 0 Å². The minimum absolute atomic E-state index is 0.692. The summed E-state index contributed by atoms with van der Waals surface area (Å²) in [5.41, 5.74) is 3.09. The van der Waals surface area contributed by atoms with Crippen LogP contribution in [0.5, 0.6) is 0 Å². The van der Waals surface area contributed by atoms with Crippen LogP contribution in [0.1, 0.15) is 12.5 Å². The van der Waals surface area contributed by atoms with Gasteiger partial charge in [0.2, 0.25) is 0 Å². The maximum atomic E-state index is 4.94. The fraction of sp³-hybridized carbons (Fsp3) is 0.364. The maximum Gasteiger partial charge on any atom is 0.0635 e. The van der Waals surface area contributed by atoms with Crippen LogP contribution in [-0.2, 0) is 4.74 Å². The third kappa shape index (κ3) is 3.18. The highest BCUT2D eigenvalue weighted by molar-refractivity contribution is 5.64. The number of ether oxygens (including phenoxy) is 1. The monoisotopic (exact) mass is 192 g/mol. The molecule has 1 rings (SSSR count). The lowest BCUT2D eigenvalue weighted by atomic mass is 10.1. The number of nitrogens with zero attached hydrogens (tertiary/aromatic N) is 1. The smallest absolute Gasteiger partial charge is 0.0635 e. The zero-order valence-electron chi connectivity index (χ0n) is 8.71. The van der Waals surface area contributed by atoms with E-state index in [9.17, 15) is 0 Å². The molecule has 0 aliphatic heterocycles. The standard InChI is InChI=1S/C11H16N2O/c1-9(2)10-6-11(8-12-7-10)13-4-5-14-3/h6-8,13H,1,4-5H2,2-3H3. The lowest BCUT2D eigenvalue weighted by molar-refractivity contribution is 0.211. The van der Waals surface area contributed by atoms with Crippen molar-refractivity contribution in [2.24, 2.45) is 0 Å². The van der Waals surface area contributed by atoms with Gasteiger partial charge in [-0.15, -0.1) is 0 Å². The Hall–Kier alpha value is -1.35. The molecule has 76 valence electrons. The summed E-state index contributed by atoms with van der Waals surface area (Å²) in [5, 5.41) is 3.21. The van der Waals surface area contributed by atoms with Gasteiger partial charge in [-0.3, -0.25) is 4.98 Å². The molecule has 0 aliphatic rings. The normalized spacial score (nSPS) is 9.86. The molecule has 0 saturated carbocycles. The van der Waals surface area contributed by atoms with E-state index in [1.807, 2.05) is 19.2 Å². The van der Waals surface area contributed by atoms with Crippen molar-refractivity contribution in [2.45, 2.75) is 6.92 Å². The third-order valence-corrected chi connectivity index (χ3v) is 1.87. The second-order valence-corrected chi connectivity index (χ2v) is 3.16. The Kier molecular flexibility index (Phi) is 4.13. The Morgan fingerprint density at radius 1 is 1.57 bits per heavy atom. The molecular weight excluding hydrogens is 176 g/mol. The van der Waals surface area contributed by atoms with Gasteiger partial charge in [-0.1, -0.05) is 6.58 Å². The van der Waals surface area contributed by atoms with Gasteiger partial charge in [0.25, 0.3) is 0 Å². The zero-order chi connectivity index (χ0) is 10.4. The molecule has 0 atom stereocenters. The summed E-state index contributed by atoms with van der Waals surface area (Å²) >= 11 is 0. The van der Waals surface area contributed by atoms with Gasteiger partial charge < -0.3 is 10.1 Å². The predicted octanol–water partition coefficient (Wildman–Crippen LogP) is 2.17. The highest BCUT2D eigenvalue weighted by Crippen LogP contribution is 2.14. The maximum absolute atomic E-state index is 4.94. The van der Waals surface area contributed by atoms with E-state index in [0.717, 1.165) is 23.4 Å². The summed E-state index contributed by atoms with van der Waals surface area (Å²) in [7, 11) is 1.68. The molecular formula is C11H16N2O. The Morgan fingerprint density at radius 2 is 2.36 bits per heavy atom. The molecule has 0 fully saturated rings. The van der Waals surface area contributed by atoms with Crippen molar-refractivity contribution in [1.29, 1.82) is 0 Å². The van der Waals surface area contributed by atoms with Crippen LogP contribution in [-0.4, -0.2) is 25.2 Å². The minimum Gasteiger partial charge on any atom is -0.383 e. The van der Waals surface area contributed by atoms with E-state index in [-0.39, 0.29) is 0 Å². The number of hydrogen-bond acceptors (Lipinski definition) is 3. The van der Waals surface area contributed by atoms with Crippen LogP contribution >= 0.6 is 0 Å². The van der Waals surface area contributed by atoms with Crippen molar-refractivity contribution in [3.8, 4) is 0 Å². The molecule has 0 unspecified atom stereocenters. The molecule has 0 aliphatic carbocycles. The van der Waals surface area contributed by atoms with Gasteiger partial charge in [-0.2, -0.15) is 0 Å². The first-order valence-corrected chi connectivity index (χ1v) is 4.58. The molecule has 1 aromatic heterocycles. The molecule has 14 heavy (non-hydrogen) atoms. The topological polar surface area (TPSA) is 34.2 Å². The molecule has 0 aromatic carbocycles. The fourth-order valence-corrected chi connectivity index (χ4v) is 1.07. The summed E-state index contributed by atoms with van der Waals surface area (Å²) in [6.07, 6.45) is 3.60. The summed E-state index contributed by atoms with van der Waals surface area (Å²) in [6.45, 7) is 7.32. The van der Waals surface area contributed by atoms with Crippen LogP contribution < -0.4 is 5.32 Å². The number of anilines is 1. The first kappa shape index (κ1) is 10.7. The number of rotatable bonds is 5. The van der Waals surface area contributed by atoms with Crippen LogP contribution in [0, 0.1) is 0 Å². The van der Waals surface area contributed by atoms with Gasteiger partial charge >= 0.3 is 0 Å². The summed E-state index contributed by atoms with van der Waals surface area (Å²) in [5.74, 6) is 0. The number of methoxy groups -OCH3 is 1. The van der Waals surface area contributed by atoms with Crippen molar-refractivity contribution < 1.29 is 4.74 Å². The molecule has 1 N–H and O–H groups in total. The van der Waals surface area contributed by atoms with Crippen molar-refractivity contribution in [3.63, 3.8) is 0 Å². The summed E-state index contributed by atoms with van der Waals surface area (Å²) in [4.78, 5) is 4.12. The first-order chi connectivity index (χ1) is 6.74. The highest BCUT2D eigenvalue weighted by Gasteiger charge is 1.96. The van der Waals surface area contributed by atoms with E-state index >= 15 is 0 Å². The largest absolute Gasteiger partial charge is 0.383 e. The van der Waals surface area contributed by atoms with Crippen molar-refractivity contribution in [3.05, 3.63) is 30.6 Å². The van der Waals surface area contributed by atoms with Gasteiger partial charge in [0, 0.05) is 26.0 Å². The van der Waals surface area contributed by atoms with Crippen molar-refractivity contribution in [2.75, 3.05) is 25.6 Å². The molecule has 0 bridgehead atoms. The Bertz CT molecular complexity index is 310. The van der Waals surface area contributed by atoms with Crippen LogP contribution in [0.3, 0.4) is 0 Å². The van der Waals surface area contributed by atoms with E-state index in [0.29, 0.717) is 6.61 Å². The number of pyridine rings is 1. The SMILES string of the molecule is C=C(C)c1cncc(NCCOC)c1. The third-order valence-electron chi connectivity index (χ3n) is 1.87. The van der Waals surface area contributed by atoms with E-state index < -0.39 is 0 Å². The second-order valence-electron chi connectivity index (χ2n) is 3.16. The van der Waals surface area contributed by atoms with E-state index in [4.69, 9.17) is 4.74 Å². The lowest BCUT2D eigenvalue weighted by Crippen LogP contribution is -2.07. The first-order valence-electron chi connectivity index (χ1n) is 4.58. The summed E-state index contributed by atoms with van der Waals surface area (Å²) in [6, 6.07) is 2.03. The highest BCUT2D eigenvalue weighted by atomic mass is 16.5. The van der Waals surface area contributed by atoms with Crippen LogP contribution in [0.25, 0.3) is 5.57 Å². The number of hydrogen-bond donors (Lipinski definition) is 1. The average Bonchev–Trinajstić information content (AvgIpc) is 2.19. The molecule has 0 radical (unpaired) electrons. The molecule has 0 saturated heterocycles. The second kappa shape index (κ2) is 5.40. The molecule has 0 amide bonds. The van der Waals surface area contributed by atoms with Crippen LogP contribution in [0.2, 0.25) is 0 Å². The predicted molar refractivity (Wildman–Crippen MR) is 59.3 cm³/mol. The molecule has 0 spiro atoms. The zero-order valence-corrected chi connectivity index (χ0v) is 8.71. The Labute approximate surface area is 84.8 Å². The number of nitrogens with one attached hydrogen (secondary N) is 1. The molecule has 1 aromatic rings. The van der Waals surface area contributed by atoms with Crippen molar-refractivity contribution in [1.82, 2.24) is 4.98 Å². The van der Waals surface area contributed by atoms with Crippen molar-refractivity contribution >= 4 is 11.3 Å². The van der Waals surface area contributed by atoms with E-state index in [1.54, 1.807) is 13.3 Å². The van der Waals surface area contributed by atoms with E-state index in [1.165, 1.54) is 0 Å². The number of aromatic nitrogens is 1. The van der Waals surface area contributed by atoms with E-state index in [2.05, 4.69) is 16.9 Å². The van der Waals surface area contributed by atoms with Crippen LogP contribution in [0.15, 0.2) is 25.0 Å². The average molecular weight is 192 g/mol. The summed E-state index contributed by atoms with van der Waals surface area (Å²) < 4.78 is 4.94. The van der Waals surface area contributed by atoms with Gasteiger partial charge in [-0.05, 0) is 24.1 Å². The van der Waals surface area contributed by atoms with Gasteiger partial charge in [-0.25, -0.2) is 0 Å².